The summed E-state index contributed by atoms with van der Waals surface area (Å²) in [5, 5.41) is 14.1. The Bertz CT molecular complexity index is 818. The van der Waals surface area contributed by atoms with Gasteiger partial charge in [0.25, 0.3) is 10.0 Å². The largest absolute Gasteiger partial charge is 0.485 e. The van der Waals surface area contributed by atoms with Gasteiger partial charge in [-0.25, -0.2) is 8.42 Å². The van der Waals surface area contributed by atoms with Crippen LogP contribution in [0.15, 0.2) is 40.3 Å². The zero-order chi connectivity index (χ0) is 15.2. The molecule has 2 heterocycles. The van der Waals surface area contributed by atoms with Crippen molar-refractivity contribution in [2.45, 2.75) is 11.8 Å². The van der Waals surface area contributed by atoms with Crippen LogP contribution in [-0.4, -0.2) is 31.0 Å². The number of hydrogen-bond donors (Lipinski definition) is 1. The summed E-state index contributed by atoms with van der Waals surface area (Å²) in [6, 6.07) is 7.92. The summed E-state index contributed by atoms with van der Waals surface area (Å²) in [6.45, 7) is 1.87. The van der Waals surface area contributed by atoms with Crippen molar-refractivity contribution in [2.24, 2.45) is 5.10 Å². The maximum absolute atomic E-state index is 12.5. The van der Waals surface area contributed by atoms with Crippen molar-refractivity contribution in [3.8, 4) is 0 Å². The number of fused-ring (bicyclic) bond motifs is 1. The van der Waals surface area contributed by atoms with Gasteiger partial charge in [-0.15, -0.1) is 11.3 Å². The predicted octanol–water partition coefficient (Wildman–Crippen LogP) is 1.44. The molecule has 108 valence electrons. The Morgan fingerprint density at radius 1 is 1.33 bits per heavy atom. The summed E-state index contributed by atoms with van der Waals surface area (Å²) in [7, 11) is -5.29. The van der Waals surface area contributed by atoms with E-state index in [-0.39, 0.29) is 4.90 Å². The highest BCUT2D eigenvalue weighted by Crippen LogP contribution is 2.25. The topological polar surface area (TPSA) is 70.0 Å². The summed E-state index contributed by atoms with van der Waals surface area (Å²) in [5.74, 6) is 0. The average molecular weight is 341 g/mol. The van der Waals surface area contributed by atoms with Crippen LogP contribution in [0.3, 0.4) is 0 Å². The van der Waals surface area contributed by atoms with Crippen LogP contribution in [0.4, 0.5) is 0 Å². The molecule has 1 aromatic carbocycles. The Morgan fingerprint density at radius 2 is 2.00 bits per heavy atom. The molecule has 5 nitrogen and oxygen atoms in total. The van der Waals surface area contributed by atoms with Crippen molar-refractivity contribution >= 4 is 51.7 Å². The van der Waals surface area contributed by atoms with E-state index in [2.05, 4.69) is 5.10 Å². The van der Waals surface area contributed by atoms with E-state index in [1.165, 1.54) is 29.7 Å². The number of aryl methyl sites for hydroxylation is 1. The van der Waals surface area contributed by atoms with Crippen LogP contribution in [0, 0.1) is 6.92 Å². The van der Waals surface area contributed by atoms with Gasteiger partial charge in [-0.1, -0.05) is 29.3 Å². The molecule has 0 spiro atoms. The lowest BCUT2D eigenvalue weighted by Gasteiger charge is -2.24. The zero-order valence-corrected chi connectivity index (χ0v) is 13.3. The Labute approximate surface area is 131 Å². The first kappa shape index (κ1) is 14.6. The van der Waals surface area contributed by atoms with Gasteiger partial charge in [0.1, 0.15) is 0 Å². The van der Waals surface area contributed by atoms with Crippen LogP contribution in [0.2, 0.25) is 4.34 Å². The second-order valence-electron chi connectivity index (χ2n) is 4.58. The van der Waals surface area contributed by atoms with E-state index < -0.39 is 17.1 Å². The Balaban J connectivity index is 2.03. The van der Waals surface area contributed by atoms with E-state index in [0.717, 1.165) is 5.56 Å². The molecule has 0 fully saturated rings. The molecule has 0 radical (unpaired) electrons. The molecule has 0 saturated carbocycles. The first-order valence-electron chi connectivity index (χ1n) is 6.02. The third kappa shape index (κ3) is 2.48. The molecule has 0 saturated heterocycles. The fourth-order valence-electron chi connectivity index (χ4n) is 1.99. The van der Waals surface area contributed by atoms with Crippen LogP contribution in [-0.2, 0) is 10.0 Å². The summed E-state index contributed by atoms with van der Waals surface area (Å²) in [6.07, 6.45) is 1.39. The van der Waals surface area contributed by atoms with Crippen molar-refractivity contribution in [3.63, 3.8) is 0 Å². The van der Waals surface area contributed by atoms with Gasteiger partial charge in [0.15, 0.2) is 0 Å². The third-order valence-corrected chi connectivity index (χ3v) is 5.97. The maximum Gasteiger partial charge on any atom is 0.485 e. The molecule has 1 aliphatic rings. The van der Waals surface area contributed by atoms with Crippen LogP contribution in [0.5, 0.6) is 0 Å². The van der Waals surface area contributed by atoms with Crippen molar-refractivity contribution in [1.29, 1.82) is 0 Å². The molecule has 2 aromatic rings. The number of halogens is 1. The lowest BCUT2D eigenvalue weighted by Crippen LogP contribution is -2.51. The first-order valence-corrected chi connectivity index (χ1v) is 8.65. The van der Waals surface area contributed by atoms with E-state index in [0.29, 0.717) is 19.0 Å². The average Bonchev–Trinajstić information content (AvgIpc) is 2.81. The maximum atomic E-state index is 12.5. The monoisotopic (exact) mass is 340 g/mol. The second kappa shape index (κ2) is 5.13. The minimum Gasteiger partial charge on any atom is -0.427 e. The minimum atomic E-state index is -3.91. The molecule has 0 atom stereocenters. The lowest BCUT2D eigenvalue weighted by atomic mass is 9.75. The zero-order valence-electron chi connectivity index (χ0n) is 10.9. The van der Waals surface area contributed by atoms with Gasteiger partial charge in [0, 0.05) is 4.88 Å². The smallest absolute Gasteiger partial charge is 0.427 e. The fraction of sp³-hybridized carbons (Fsp3) is 0.0833. The highest BCUT2D eigenvalue weighted by atomic mass is 35.5. The van der Waals surface area contributed by atoms with Gasteiger partial charge >= 0.3 is 7.05 Å². The van der Waals surface area contributed by atoms with Gasteiger partial charge in [0.2, 0.25) is 0 Å². The molecule has 0 unspecified atom stereocenters. The molecule has 1 aliphatic heterocycles. The summed E-state index contributed by atoms with van der Waals surface area (Å²) in [4.78, 5) is 0.733. The van der Waals surface area contributed by atoms with Gasteiger partial charge in [-0.05, 0) is 30.6 Å². The normalized spacial score (nSPS) is 14.4. The molecule has 0 bridgehead atoms. The fourth-order valence-corrected chi connectivity index (χ4v) is 4.38. The molecular weight excluding hydrogens is 331 g/mol. The molecule has 9 heteroatoms. The number of thiophene rings is 1. The van der Waals surface area contributed by atoms with E-state index in [9.17, 15) is 13.4 Å². The molecule has 1 N–H and O–H groups in total. The van der Waals surface area contributed by atoms with Crippen molar-refractivity contribution in [3.05, 3.63) is 45.1 Å². The minimum absolute atomic E-state index is 0.0778. The second-order valence-corrected chi connectivity index (χ2v) is 8.09. The number of benzene rings is 1. The standard InChI is InChI=1S/C12H10BClN2O3S2/c1-8-2-4-9(5-3-8)21(18,19)16-13(17)10-6-12(14)20-11(10)7-15-16/h2-7,17H,1H3. The molecule has 21 heavy (non-hydrogen) atoms. The van der Waals surface area contributed by atoms with Crippen molar-refractivity contribution in [2.75, 3.05) is 0 Å². The number of rotatable bonds is 2. The van der Waals surface area contributed by atoms with E-state index in [1.54, 1.807) is 18.2 Å². The van der Waals surface area contributed by atoms with Crippen LogP contribution in [0.1, 0.15) is 10.4 Å². The molecule has 0 amide bonds. The van der Waals surface area contributed by atoms with E-state index >= 15 is 0 Å². The van der Waals surface area contributed by atoms with E-state index in [1.807, 2.05) is 6.92 Å². The number of hydrazone groups is 1. The van der Waals surface area contributed by atoms with Gasteiger partial charge in [-0.2, -0.15) is 9.43 Å². The Kier molecular flexibility index (Phi) is 3.57. The van der Waals surface area contributed by atoms with Gasteiger partial charge in [0.05, 0.1) is 15.4 Å². The van der Waals surface area contributed by atoms with Crippen LogP contribution < -0.4 is 5.46 Å². The van der Waals surface area contributed by atoms with Gasteiger partial charge < -0.3 is 5.02 Å². The summed E-state index contributed by atoms with van der Waals surface area (Å²) in [5.41, 5.74) is 1.39. The highest BCUT2D eigenvalue weighted by Gasteiger charge is 2.39. The van der Waals surface area contributed by atoms with E-state index in [4.69, 9.17) is 11.6 Å². The molecular formula is C12H10BClN2O3S2. The third-order valence-electron chi connectivity index (χ3n) is 3.10. The van der Waals surface area contributed by atoms with Crippen molar-refractivity contribution < 1.29 is 13.4 Å². The quantitative estimate of drug-likeness (QED) is 0.841. The Hall–Kier alpha value is -1.35. The number of hydrogen-bond acceptors (Lipinski definition) is 5. The van der Waals surface area contributed by atoms with Crippen LogP contribution in [0.25, 0.3) is 0 Å². The number of sulfonamides is 1. The SMILES string of the molecule is Cc1ccc(S(=O)(=O)N2N=Cc3sc(Cl)cc3B2O)cc1. The predicted molar refractivity (Wildman–Crippen MR) is 84.7 cm³/mol. The lowest BCUT2D eigenvalue weighted by molar-refractivity contribution is 0.476. The van der Waals surface area contributed by atoms with Gasteiger partial charge in [-0.3, -0.25) is 0 Å². The molecule has 0 aliphatic carbocycles. The number of nitrogens with zero attached hydrogens (tertiary/aromatic N) is 2. The first-order chi connectivity index (χ1) is 9.89. The highest BCUT2D eigenvalue weighted by molar-refractivity contribution is 7.90. The van der Waals surface area contributed by atoms with Crippen molar-refractivity contribution in [1.82, 2.24) is 4.33 Å². The van der Waals surface area contributed by atoms with Crippen LogP contribution >= 0.6 is 22.9 Å². The molecule has 1 aromatic heterocycles. The molecule has 3 rings (SSSR count). The Morgan fingerprint density at radius 3 is 2.67 bits per heavy atom. The summed E-state index contributed by atoms with van der Waals surface area (Å²) >= 11 is 7.13. The summed E-state index contributed by atoms with van der Waals surface area (Å²) < 4.78 is 26.3.